The van der Waals surface area contributed by atoms with Crippen LogP contribution in [0, 0.1) is 0 Å². The van der Waals surface area contributed by atoms with E-state index in [9.17, 15) is 4.79 Å². The number of hydrogen-bond acceptors (Lipinski definition) is 6. The first-order valence-electron chi connectivity index (χ1n) is 11.4. The van der Waals surface area contributed by atoms with Gasteiger partial charge in [0.1, 0.15) is 11.5 Å². The number of nitrogens with zero attached hydrogens (tertiary/aromatic N) is 4. The first-order valence-corrected chi connectivity index (χ1v) is 11.4. The maximum atomic E-state index is 12.8. The summed E-state index contributed by atoms with van der Waals surface area (Å²) in [4.78, 5) is 22.1. The second kappa shape index (κ2) is 9.88. The van der Waals surface area contributed by atoms with Crippen molar-refractivity contribution in [3.05, 3.63) is 18.2 Å². The summed E-state index contributed by atoms with van der Waals surface area (Å²) in [6.07, 6.45) is 5.44. The number of benzene rings is 1. The van der Waals surface area contributed by atoms with E-state index < -0.39 is 0 Å². The minimum absolute atomic E-state index is 0.288. The number of hydrogen-bond donors (Lipinski definition) is 0. The highest BCUT2D eigenvalue weighted by molar-refractivity contribution is 5.78. The molecule has 0 bridgehead atoms. The minimum Gasteiger partial charge on any atom is -0.497 e. The third kappa shape index (κ3) is 4.83. The highest BCUT2D eigenvalue weighted by Gasteiger charge is 2.29. The van der Waals surface area contributed by atoms with Crippen LogP contribution in [0.15, 0.2) is 18.2 Å². The third-order valence-corrected chi connectivity index (χ3v) is 6.97. The lowest BCUT2D eigenvalue weighted by Gasteiger charge is -2.40. The van der Waals surface area contributed by atoms with Gasteiger partial charge in [0, 0.05) is 64.5 Å². The minimum atomic E-state index is 0.288. The average Bonchev–Trinajstić information content (AvgIpc) is 3.34. The molecule has 3 fully saturated rings. The molecule has 2 heterocycles. The average molecular weight is 417 g/mol. The monoisotopic (exact) mass is 416 g/mol. The van der Waals surface area contributed by atoms with Gasteiger partial charge in [-0.05, 0) is 25.0 Å². The zero-order valence-corrected chi connectivity index (χ0v) is 18.5. The Morgan fingerprint density at radius 1 is 0.933 bits per heavy atom. The second-order valence-corrected chi connectivity index (χ2v) is 8.66. The quantitative estimate of drug-likeness (QED) is 0.706. The number of carbonyl (C=O) groups excluding carboxylic acids is 1. The second-order valence-electron chi connectivity index (χ2n) is 8.66. The van der Waals surface area contributed by atoms with E-state index >= 15 is 0 Å². The number of amides is 1. The first-order chi connectivity index (χ1) is 14.7. The van der Waals surface area contributed by atoms with E-state index in [0.717, 1.165) is 75.6 Å². The van der Waals surface area contributed by atoms with Gasteiger partial charge in [-0.25, -0.2) is 0 Å². The highest BCUT2D eigenvalue weighted by atomic mass is 16.5. The van der Waals surface area contributed by atoms with Gasteiger partial charge in [0.25, 0.3) is 0 Å². The summed E-state index contributed by atoms with van der Waals surface area (Å²) in [7, 11) is 3.36. The van der Waals surface area contributed by atoms with E-state index in [1.165, 1.54) is 25.7 Å². The van der Waals surface area contributed by atoms with Gasteiger partial charge in [-0.2, -0.15) is 0 Å². The molecular formula is C23H36N4O3. The molecule has 0 unspecified atom stereocenters. The molecule has 1 aromatic rings. The molecule has 30 heavy (non-hydrogen) atoms. The van der Waals surface area contributed by atoms with E-state index in [4.69, 9.17) is 9.47 Å². The Hall–Kier alpha value is -1.99. The van der Waals surface area contributed by atoms with Crippen molar-refractivity contribution in [2.75, 3.05) is 78.0 Å². The molecule has 0 atom stereocenters. The normalized spacial score (nSPS) is 21.8. The molecule has 0 N–H and O–H groups in total. The van der Waals surface area contributed by atoms with Crippen LogP contribution in [0.4, 0.5) is 5.69 Å². The molecule has 1 aliphatic carbocycles. The van der Waals surface area contributed by atoms with Gasteiger partial charge in [0.2, 0.25) is 5.91 Å². The van der Waals surface area contributed by atoms with Gasteiger partial charge >= 0.3 is 0 Å². The number of piperazine rings is 2. The zero-order valence-electron chi connectivity index (χ0n) is 18.5. The Labute approximate surface area is 180 Å². The maximum Gasteiger partial charge on any atom is 0.236 e. The fourth-order valence-corrected chi connectivity index (χ4v) is 5.09. The molecule has 166 valence electrons. The molecule has 1 aromatic carbocycles. The van der Waals surface area contributed by atoms with Crippen LogP contribution in [0.1, 0.15) is 25.7 Å². The lowest BCUT2D eigenvalue weighted by atomic mass is 10.1. The lowest BCUT2D eigenvalue weighted by Crippen LogP contribution is -2.55. The Balaban J connectivity index is 1.23. The highest BCUT2D eigenvalue weighted by Crippen LogP contribution is 2.32. The predicted molar refractivity (Wildman–Crippen MR) is 119 cm³/mol. The molecule has 2 aliphatic heterocycles. The maximum absolute atomic E-state index is 12.8. The van der Waals surface area contributed by atoms with Gasteiger partial charge in [0.15, 0.2) is 0 Å². The smallest absolute Gasteiger partial charge is 0.236 e. The van der Waals surface area contributed by atoms with Crippen LogP contribution in [0.3, 0.4) is 0 Å². The fourth-order valence-electron chi connectivity index (χ4n) is 5.09. The van der Waals surface area contributed by atoms with E-state index in [1.807, 2.05) is 12.1 Å². The number of carbonyl (C=O) groups is 1. The molecule has 4 rings (SSSR count). The van der Waals surface area contributed by atoms with Crippen molar-refractivity contribution in [3.8, 4) is 11.5 Å². The van der Waals surface area contributed by atoms with Crippen LogP contribution in [0.2, 0.25) is 0 Å². The topological polar surface area (TPSA) is 48.5 Å². The molecule has 0 spiro atoms. The van der Waals surface area contributed by atoms with E-state index in [1.54, 1.807) is 14.2 Å². The van der Waals surface area contributed by atoms with Crippen molar-refractivity contribution in [1.29, 1.82) is 0 Å². The SMILES string of the molecule is COc1ccc(N2CCN(CC(=O)N3CCN(C4CCCC4)CC3)CC2)c(OC)c1. The summed E-state index contributed by atoms with van der Waals surface area (Å²) in [6, 6.07) is 6.72. The van der Waals surface area contributed by atoms with Gasteiger partial charge in [0.05, 0.1) is 26.5 Å². The Bertz CT molecular complexity index is 706. The third-order valence-electron chi connectivity index (χ3n) is 6.97. The number of methoxy groups -OCH3 is 2. The van der Waals surface area contributed by atoms with E-state index in [-0.39, 0.29) is 5.91 Å². The lowest BCUT2D eigenvalue weighted by molar-refractivity contribution is -0.134. The standard InChI is InChI=1S/C23H36N4O3/c1-29-20-7-8-21(22(17-20)30-2)26-11-9-24(10-12-26)18-23(28)27-15-13-25(14-16-27)19-5-3-4-6-19/h7-8,17,19H,3-6,9-16,18H2,1-2H3. The molecule has 1 saturated carbocycles. The van der Waals surface area contributed by atoms with E-state index in [2.05, 4.69) is 25.7 Å². The van der Waals surface area contributed by atoms with Gasteiger partial charge in [-0.1, -0.05) is 12.8 Å². The van der Waals surface area contributed by atoms with Crippen LogP contribution in [0.5, 0.6) is 11.5 Å². The van der Waals surface area contributed by atoms with E-state index in [0.29, 0.717) is 6.54 Å². The van der Waals surface area contributed by atoms with Crippen molar-refractivity contribution in [2.45, 2.75) is 31.7 Å². The van der Waals surface area contributed by atoms with Crippen molar-refractivity contribution in [3.63, 3.8) is 0 Å². The van der Waals surface area contributed by atoms with Crippen LogP contribution in [-0.4, -0.2) is 99.8 Å². The summed E-state index contributed by atoms with van der Waals surface area (Å²) in [5.74, 6) is 1.92. The number of ether oxygens (including phenoxy) is 2. The van der Waals surface area contributed by atoms with Crippen molar-refractivity contribution in [1.82, 2.24) is 14.7 Å². The van der Waals surface area contributed by atoms with Crippen molar-refractivity contribution < 1.29 is 14.3 Å². The Morgan fingerprint density at radius 3 is 2.27 bits per heavy atom. The van der Waals surface area contributed by atoms with Crippen molar-refractivity contribution >= 4 is 11.6 Å². The van der Waals surface area contributed by atoms with Gasteiger partial charge < -0.3 is 19.3 Å². The molecule has 2 saturated heterocycles. The summed E-state index contributed by atoms with van der Waals surface area (Å²) in [5, 5.41) is 0. The zero-order chi connectivity index (χ0) is 20.9. The van der Waals surface area contributed by atoms with Crippen LogP contribution >= 0.6 is 0 Å². The molecule has 3 aliphatic rings. The Kier molecular flexibility index (Phi) is 7.00. The predicted octanol–water partition coefficient (Wildman–Crippen LogP) is 1.91. The molecular weight excluding hydrogens is 380 g/mol. The van der Waals surface area contributed by atoms with Crippen LogP contribution in [0.25, 0.3) is 0 Å². The van der Waals surface area contributed by atoms with Crippen molar-refractivity contribution in [2.24, 2.45) is 0 Å². The summed E-state index contributed by atoms with van der Waals surface area (Å²) in [5.41, 5.74) is 1.09. The Morgan fingerprint density at radius 2 is 1.63 bits per heavy atom. The number of rotatable bonds is 6. The summed E-state index contributed by atoms with van der Waals surface area (Å²) < 4.78 is 10.9. The summed E-state index contributed by atoms with van der Waals surface area (Å²) in [6.45, 7) is 7.97. The molecule has 1 amide bonds. The van der Waals surface area contributed by atoms with Crippen LogP contribution < -0.4 is 14.4 Å². The van der Waals surface area contributed by atoms with Gasteiger partial charge in [-0.15, -0.1) is 0 Å². The molecule has 0 radical (unpaired) electrons. The molecule has 7 heteroatoms. The number of anilines is 1. The molecule has 7 nitrogen and oxygen atoms in total. The molecule has 0 aromatic heterocycles. The van der Waals surface area contributed by atoms with Gasteiger partial charge in [-0.3, -0.25) is 14.6 Å². The van der Waals surface area contributed by atoms with Crippen LogP contribution in [-0.2, 0) is 4.79 Å². The fraction of sp³-hybridized carbons (Fsp3) is 0.696. The summed E-state index contributed by atoms with van der Waals surface area (Å²) >= 11 is 0. The largest absolute Gasteiger partial charge is 0.497 e. The first kappa shape index (κ1) is 21.2.